The Morgan fingerprint density at radius 2 is 1.68 bits per heavy atom. The molecule has 0 aliphatic heterocycles. The minimum Gasteiger partial charge on any atom is -0.391 e. The lowest BCUT2D eigenvalue weighted by atomic mass is 9.89. The van der Waals surface area contributed by atoms with Crippen LogP contribution in [0.2, 0.25) is 0 Å². The SMILES string of the molecule is NC(=S)C1(NC(=O)CC2CCCC2)CCCCCC1. The number of hydrogen-bond donors (Lipinski definition) is 2. The predicted octanol–water partition coefficient (Wildman–Crippen LogP) is 3.06. The van der Waals surface area contributed by atoms with Crippen LogP contribution in [0, 0.1) is 5.92 Å². The second kappa shape index (κ2) is 6.69. The molecule has 0 spiro atoms. The molecule has 0 aromatic heterocycles. The molecule has 0 atom stereocenters. The molecule has 2 fully saturated rings. The van der Waals surface area contributed by atoms with Gasteiger partial charge in [0, 0.05) is 6.42 Å². The van der Waals surface area contributed by atoms with Crippen LogP contribution >= 0.6 is 12.2 Å². The van der Waals surface area contributed by atoms with E-state index in [2.05, 4.69) is 5.32 Å². The van der Waals surface area contributed by atoms with Crippen molar-refractivity contribution >= 4 is 23.1 Å². The Balaban J connectivity index is 1.94. The number of amides is 1. The molecule has 2 saturated carbocycles. The summed E-state index contributed by atoms with van der Waals surface area (Å²) in [6, 6.07) is 0. The van der Waals surface area contributed by atoms with Gasteiger partial charge in [0.25, 0.3) is 0 Å². The van der Waals surface area contributed by atoms with Crippen LogP contribution in [0.4, 0.5) is 0 Å². The van der Waals surface area contributed by atoms with E-state index < -0.39 is 5.54 Å². The Kier molecular flexibility index (Phi) is 5.20. The predicted molar refractivity (Wildman–Crippen MR) is 81.9 cm³/mol. The summed E-state index contributed by atoms with van der Waals surface area (Å²) in [6.07, 6.45) is 12.1. The number of rotatable bonds is 4. The van der Waals surface area contributed by atoms with Gasteiger partial charge in [-0.2, -0.15) is 0 Å². The Morgan fingerprint density at radius 3 is 2.21 bits per heavy atom. The largest absolute Gasteiger partial charge is 0.391 e. The first-order chi connectivity index (χ1) is 9.12. The van der Waals surface area contributed by atoms with E-state index >= 15 is 0 Å². The van der Waals surface area contributed by atoms with Gasteiger partial charge < -0.3 is 11.1 Å². The van der Waals surface area contributed by atoms with Gasteiger partial charge in [-0.15, -0.1) is 0 Å². The van der Waals surface area contributed by atoms with Crippen molar-refractivity contribution in [3.05, 3.63) is 0 Å². The lowest BCUT2D eigenvalue weighted by Crippen LogP contribution is -2.56. The number of nitrogens with one attached hydrogen (secondary N) is 1. The molecule has 2 aliphatic carbocycles. The second-order valence-electron chi connectivity index (χ2n) is 6.26. The van der Waals surface area contributed by atoms with E-state index in [1.54, 1.807) is 0 Å². The van der Waals surface area contributed by atoms with Gasteiger partial charge in [0.05, 0.1) is 10.5 Å². The van der Waals surface area contributed by atoms with Gasteiger partial charge in [-0.05, 0) is 31.6 Å². The van der Waals surface area contributed by atoms with Crippen LogP contribution in [-0.4, -0.2) is 16.4 Å². The maximum absolute atomic E-state index is 12.3. The fraction of sp³-hybridized carbons (Fsp3) is 0.867. The quantitative estimate of drug-likeness (QED) is 0.615. The fourth-order valence-electron chi connectivity index (χ4n) is 3.56. The monoisotopic (exact) mass is 282 g/mol. The summed E-state index contributed by atoms with van der Waals surface area (Å²) in [4.78, 5) is 12.7. The Morgan fingerprint density at radius 1 is 1.11 bits per heavy atom. The number of thiocarbonyl (C=S) groups is 1. The maximum Gasteiger partial charge on any atom is 0.221 e. The molecule has 0 radical (unpaired) electrons. The standard InChI is InChI=1S/C15H26N2OS/c16-14(19)15(9-5-1-2-6-10-15)17-13(18)11-12-7-3-4-8-12/h12H,1-11H2,(H2,16,19)(H,17,18). The first kappa shape index (κ1) is 14.8. The zero-order valence-corrected chi connectivity index (χ0v) is 12.6. The van der Waals surface area contributed by atoms with Crippen molar-refractivity contribution < 1.29 is 4.79 Å². The Labute approximate surface area is 121 Å². The summed E-state index contributed by atoms with van der Waals surface area (Å²) in [5, 5.41) is 3.19. The molecule has 4 heteroatoms. The van der Waals surface area contributed by atoms with Gasteiger partial charge in [-0.3, -0.25) is 4.79 Å². The summed E-state index contributed by atoms with van der Waals surface area (Å²) in [5.41, 5.74) is 5.54. The molecule has 3 N–H and O–H groups in total. The maximum atomic E-state index is 12.3. The van der Waals surface area contributed by atoms with Crippen LogP contribution in [0.3, 0.4) is 0 Å². The molecule has 0 saturated heterocycles. The minimum absolute atomic E-state index is 0.154. The van der Waals surface area contributed by atoms with Crippen molar-refractivity contribution in [3.63, 3.8) is 0 Å². The lowest BCUT2D eigenvalue weighted by molar-refractivity contribution is -0.123. The highest BCUT2D eigenvalue weighted by molar-refractivity contribution is 7.80. The van der Waals surface area contributed by atoms with Crippen molar-refractivity contribution in [1.82, 2.24) is 5.32 Å². The zero-order valence-electron chi connectivity index (χ0n) is 11.7. The van der Waals surface area contributed by atoms with E-state index in [9.17, 15) is 4.79 Å². The molecule has 19 heavy (non-hydrogen) atoms. The Hall–Kier alpha value is -0.640. The van der Waals surface area contributed by atoms with E-state index in [1.807, 2.05) is 0 Å². The van der Waals surface area contributed by atoms with Crippen molar-refractivity contribution in [2.24, 2.45) is 11.7 Å². The topological polar surface area (TPSA) is 55.1 Å². The second-order valence-corrected chi connectivity index (χ2v) is 6.70. The highest BCUT2D eigenvalue weighted by atomic mass is 32.1. The van der Waals surface area contributed by atoms with Crippen molar-refractivity contribution in [1.29, 1.82) is 0 Å². The van der Waals surface area contributed by atoms with Crippen LogP contribution in [0.1, 0.15) is 70.6 Å². The third-order valence-electron chi connectivity index (χ3n) is 4.76. The van der Waals surface area contributed by atoms with Gasteiger partial charge in [-0.1, -0.05) is 50.7 Å². The normalized spacial score (nSPS) is 23.8. The van der Waals surface area contributed by atoms with Gasteiger partial charge in [-0.25, -0.2) is 0 Å². The van der Waals surface area contributed by atoms with E-state index in [0.717, 1.165) is 25.7 Å². The molecule has 3 nitrogen and oxygen atoms in total. The van der Waals surface area contributed by atoms with Crippen LogP contribution in [-0.2, 0) is 4.79 Å². The molecule has 0 bridgehead atoms. The van der Waals surface area contributed by atoms with Crippen molar-refractivity contribution in [3.8, 4) is 0 Å². The number of carbonyl (C=O) groups excluding carboxylic acids is 1. The van der Waals surface area contributed by atoms with Crippen LogP contribution < -0.4 is 11.1 Å². The lowest BCUT2D eigenvalue weighted by Gasteiger charge is -2.33. The van der Waals surface area contributed by atoms with E-state index in [1.165, 1.54) is 38.5 Å². The zero-order chi connectivity index (χ0) is 13.7. The first-order valence-corrected chi connectivity index (χ1v) is 8.14. The molecular formula is C15H26N2OS. The highest BCUT2D eigenvalue weighted by Crippen LogP contribution is 2.30. The van der Waals surface area contributed by atoms with Crippen molar-refractivity contribution in [2.75, 3.05) is 0 Å². The number of nitrogens with two attached hydrogens (primary N) is 1. The van der Waals surface area contributed by atoms with Gasteiger partial charge >= 0.3 is 0 Å². The highest BCUT2D eigenvalue weighted by Gasteiger charge is 2.35. The third-order valence-corrected chi connectivity index (χ3v) is 5.15. The number of carbonyl (C=O) groups is 1. The molecule has 2 rings (SSSR count). The summed E-state index contributed by atoms with van der Waals surface area (Å²) >= 11 is 5.25. The third kappa shape index (κ3) is 3.91. The van der Waals surface area contributed by atoms with Crippen LogP contribution in [0.5, 0.6) is 0 Å². The van der Waals surface area contributed by atoms with E-state index in [-0.39, 0.29) is 5.91 Å². The summed E-state index contributed by atoms with van der Waals surface area (Å²) in [7, 11) is 0. The molecule has 1 amide bonds. The average molecular weight is 282 g/mol. The van der Waals surface area contributed by atoms with Gasteiger partial charge in [0.15, 0.2) is 0 Å². The molecule has 0 unspecified atom stereocenters. The van der Waals surface area contributed by atoms with Crippen molar-refractivity contribution in [2.45, 2.75) is 76.2 Å². The molecule has 2 aliphatic rings. The summed E-state index contributed by atoms with van der Waals surface area (Å²) in [6.45, 7) is 0. The molecule has 0 heterocycles. The Bertz CT molecular complexity index is 329. The van der Waals surface area contributed by atoms with E-state index in [0.29, 0.717) is 17.3 Å². The summed E-state index contributed by atoms with van der Waals surface area (Å²) in [5.74, 6) is 0.732. The minimum atomic E-state index is -0.401. The van der Waals surface area contributed by atoms with Crippen LogP contribution in [0.15, 0.2) is 0 Å². The first-order valence-electron chi connectivity index (χ1n) is 7.73. The fourth-order valence-corrected chi connectivity index (χ4v) is 3.81. The van der Waals surface area contributed by atoms with E-state index in [4.69, 9.17) is 18.0 Å². The number of hydrogen-bond acceptors (Lipinski definition) is 2. The summed E-state index contributed by atoms with van der Waals surface area (Å²) < 4.78 is 0. The molecular weight excluding hydrogens is 256 g/mol. The van der Waals surface area contributed by atoms with Crippen LogP contribution in [0.25, 0.3) is 0 Å². The molecule has 0 aromatic carbocycles. The average Bonchev–Trinajstić information content (AvgIpc) is 2.73. The smallest absolute Gasteiger partial charge is 0.221 e. The van der Waals surface area contributed by atoms with Gasteiger partial charge in [0.1, 0.15) is 0 Å². The van der Waals surface area contributed by atoms with Gasteiger partial charge in [0.2, 0.25) is 5.91 Å². The molecule has 0 aromatic rings. The molecule has 108 valence electrons.